The maximum absolute atomic E-state index is 12.0. The van der Waals surface area contributed by atoms with Crippen LogP contribution in [0.1, 0.15) is 25.0 Å². The third-order valence-electron chi connectivity index (χ3n) is 4.74. The van der Waals surface area contributed by atoms with E-state index in [9.17, 15) is 9.59 Å². The number of carbonyl (C=O) groups excluding carboxylic acids is 2. The molecule has 2 N–H and O–H groups in total. The number of carbonyl (C=O) groups is 2. The fourth-order valence-electron chi connectivity index (χ4n) is 3.11. The van der Waals surface area contributed by atoms with Crippen LogP contribution in [0, 0.1) is 0 Å². The molecule has 0 aliphatic carbocycles. The molecule has 1 unspecified atom stereocenters. The molecule has 0 bridgehead atoms. The molecular weight excluding hydrogens is 412 g/mol. The third kappa shape index (κ3) is 6.49. The molecule has 2 aromatic carbocycles. The van der Waals surface area contributed by atoms with E-state index in [0.717, 1.165) is 16.9 Å². The number of hydrogen-bond acceptors (Lipinski definition) is 6. The Hall–Kier alpha value is -3.52. The number of rotatable bonds is 9. The number of anilines is 1. The van der Waals surface area contributed by atoms with Crippen LogP contribution in [0.3, 0.4) is 0 Å². The Morgan fingerprint density at radius 3 is 2.62 bits per heavy atom. The van der Waals surface area contributed by atoms with Crippen molar-refractivity contribution in [3.63, 3.8) is 0 Å². The van der Waals surface area contributed by atoms with Crippen molar-refractivity contribution in [2.75, 3.05) is 32.2 Å². The fraction of sp³-hybridized carbons (Fsp3) is 0.333. The summed E-state index contributed by atoms with van der Waals surface area (Å²) in [6.07, 6.45) is 3.88. The average molecular weight is 440 g/mol. The van der Waals surface area contributed by atoms with Crippen molar-refractivity contribution >= 4 is 23.8 Å². The zero-order valence-corrected chi connectivity index (χ0v) is 18.5. The van der Waals surface area contributed by atoms with Crippen LogP contribution in [0.2, 0.25) is 0 Å². The van der Waals surface area contributed by atoms with E-state index in [2.05, 4.69) is 10.6 Å². The summed E-state index contributed by atoms with van der Waals surface area (Å²) in [5.41, 5.74) is 1.86. The number of methoxy groups -OCH3 is 1. The molecule has 0 aromatic heterocycles. The highest BCUT2D eigenvalue weighted by atomic mass is 16.5. The number of nitrogens with one attached hydrogen (secondary N) is 2. The maximum atomic E-state index is 12.0. The van der Waals surface area contributed by atoms with E-state index in [1.54, 1.807) is 32.2 Å². The normalized spacial score (nSPS) is 16.5. The van der Waals surface area contributed by atoms with Gasteiger partial charge in [-0.2, -0.15) is 0 Å². The van der Waals surface area contributed by atoms with Gasteiger partial charge in [0.2, 0.25) is 0 Å². The summed E-state index contributed by atoms with van der Waals surface area (Å²) in [7, 11) is 1.64. The minimum Gasteiger partial charge on any atom is -0.497 e. The first-order valence-electron chi connectivity index (χ1n) is 10.3. The van der Waals surface area contributed by atoms with Crippen LogP contribution in [0.25, 0.3) is 6.08 Å². The molecule has 0 saturated heterocycles. The van der Waals surface area contributed by atoms with Crippen LogP contribution in [0.5, 0.6) is 11.5 Å². The van der Waals surface area contributed by atoms with Crippen LogP contribution in [0.4, 0.5) is 10.5 Å². The predicted octanol–water partition coefficient (Wildman–Crippen LogP) is 3.76. The standard InChI is InChI=1S/C24H28N2O6/c1-4-31-22(27)14-25-23(28)26-19-7-10-21-18(13-19)11-12-24(2,32-21)16-30-15-17-5-8-20(29-3)9-6-17/h5-13H,4,14-16H2,1-3H3,(H2,25,26,28). The molecule has 32 heavy (non-hydrogen) atoms. The Morgan fingerprint density at radius 2 is 1.91 bits per heavy atom. The van der Waals surface area contributed by atoms with E-state index in [-0.39, 0.29) is 13.2 Å². The zero-order chi connectivity index (χ0) is 23.0. The second kappa shape index (κ2) is 10.7. The van der Waals surface area contributed by atoms with Crippen molar-refractivity contribution in [2.45, 2.75) is 26.1 Å². The summed E-state index contributed by atoms with van der Waals surface area (Å²) in [6, 6.07) is 12.6. The van der Waals surface area contributed by atoms with Crippen molar-refractivity contribution < 1.29 is 28.5 Å². The number of fused-ring (bicyclic) bond motifs is 1. The summed E-state index contributed by atoms with van der Waals surface area (Å²) >= 11 is 0. The van der Waals surface area contributed by atoms with Gasteiger partial charge in [0, 0.05) is 11.3 Å². The lowest BCUT2D eigenvalue weighted by Crippen LogP contribution is -2.37. The monoisotopic (exact) mass is 440 g/mol. The molecule has 1 atom stereocenters. The molecule has 1 aliphatic rings. The quantitative estimate of drug-likeness (QED) is 0.577. The van der Waals surface area contributed by atoms with Crippen molar-refractivity contribution in [2.24, 2.45) is 0 Å². The Kier molecular flexibility index (Phi) is 7.72. The van der Waals surface area contributed by atoms with Gasteiger partial charge in [0.25, 0.3) is 0 Å². The average Bonchev–Trinajstić information content (AvgIpc) is 2.78. The second-order valence-corrected chi connectivity index (χ2v) is 7.45. The molecule has 0 spiro atoms. The van der Waals surface area contributed by atoms with E-state index >= 15 is 0 Å². The van der Waals surface area contributed by atoms with Gasteiger partial charge in [-0.1, -0.05) is 18.2 Å². The van der Waals surface area contributed by atoms with Crippen LogP contribution in [-0.4, -0.2) is 44.5 Å². The molecule has 0 radical (unpaired) electrons. The highest BCUT2D eigenvalue weighted by Gasteiger charge is 2.28. The number of ether oxygens (including phenoxy) is 4. The number of hydrogen-bond donors (Lipinski definition) is 2. The molecule has 0 saturated carbocycles. The van der Waals surface area contributed by atoms with Crippen molar-refractivity contribution in [1.82, 2.24) is 5.32 Å². The lowest BCUT2D eigenvalue weighted by atomic mass is 10.0. The van der Waals surface area contributed by atoms with Crippen molar-refractivity contribution in [3.8, 4) is 11.5 Å². The lowest BCUT2D eigenvalue weighted by Gasteiger charge is -2.31. The molecule has 3 rings (SSSR count). The van der Waals surface area contributed by atoms with Crippen LogP contribution >= 0.6 is 0 Å². The van der Waals surface area contributed by atoms with Gasteiger partial charge in [-0.05, 0) is 55.8 Å². The summed E-state index contributed by atoms with van der Waals surface area (Å²) in [5, 5.41) is 5.14. The number of amides is 2. The third-order valence-corrected chi connectivity index (χ3v) is 4.74. The van der Waals surface area contributed by atoms with E-state index in [1.807, 2.05) is 43.3 Å². The van der Waals surface area contributed by atoms with Crippen LogP contribution in [-0.2, 0) is 20.9 Å². The maximum Gasteiger partial charge on any atom is 0.325 e. The molecule has 2 amide bonds. The molecular formula is C24H28N2O6. The number of esters is 1. The Bertz CT molecular complexity index is 973. The largest absolute Gasteiger partial charge is 0.497 e. The van der Waals surface area contributed by atoms with E-state index in [0.29, 0.717) is 24.7 Å². The Morgan fingerprint density at radius 1 is 1.12 bits per heavy atom. The van der Waals surface area contributed by atoms with E-state index in [4.69, 9.17) is 18.9 Å². The van der Waals surface area contributed by atoms with Gasteiger partial charge < -0.3 is 29.6 Å². The zero-order valence-electron chi connectivity index (χ0n) is 18.5. The van der Waals surface area contributed by atoms with Gasteiger partial charge >= 0.3 is 12.0 Å². The van der Waals surface area contributed by atoms with Crippen molar-refractivity contribution in [3.05, 3.63) is 59.7 Å². The van der Waals surface area contributed by atoms with E-state index < -0.39 is 17.6 Å². The van der Waals surface area contributed by atoms with E-state index in [1.165, 1.54) is 0 Å². The fourth-order valence-corrected chi connectivity index (χ4v) is 3.11. The highest BCUT2D eigenvalue weighted by Crippen LogP contribution is 2.33. The van der Waals surface area contributed by atoms with Crippen LogP contribution < -0.4 is 20.1 Å². The lowest BCUT2D eigenvalue weighted by molar-refractivity contribution is -0.141. The molecule has 8 heteroatoms. The van der Waals surface area contributed by atoms with Gasteiger partial charge in [-0.3, -0.25) is 4.79 Å². The molecule has 2 aromatic rings. The topological polar surface area (TPSA) is 95.1 Å². The first-order valence-corrected chi connectivity index (χ1v) is 10.3. The van der Waals surface area contributed by atoms with Crippen molar-refractivity contribution in [1.29, 1.82) is 0 Å². The highest BCUT2D eigenvalue weighted by molar-refractivity contribution is 5.92. The van der Waals surface area contributed by atoms with Gasteiger partial charge in [-0.25, -0.2) is 4.79 Å². The molecule has 0 fully saturated rings. The Labute approximate surface area is 187 Å². The molecule has 8 nitrogen and oxygen atoms in total. The molecule has 1 aliphatic heterocycles. The van der Waals surface area contributed by atoms with Gasteiger partial charge in [-0.15, -0.1) is 0 Å². The molecule has 1 heterocycles. The first kappa shape index (κ1) is 23.1. The number of benzene rings is 2. The first-order chi connectivity index (χ1) is 15.4. The predicted molar refractivity (Wildman–Crippen MR) is 121 cm³/mol. The summed E-state index contributed by atoms with van der Waals surface area (Å²) < 4.78 is 21.9. The summed E-state index contributed by atoms with van der Waals surface area (Å²) in [6.45, 7) is 4.58. The Balaban J connectivity index is 1.51. The molecule has 170 valence electrons. The SMILES string of the molecule is CCOC(=O)CNC(=O)Nc1ccc2c(c1)C=CC(C)(COCc1ccc(OC)cc1)O2. The minimum atomic E-state index is -0.606. The second-order valence-electron chi connectivity index (χ2n) is 7.45. The summed E-state index contributed by atoms with van der Waals surface area (Å²) in [4.78, 5) is 23.3. The van der Waals surface area contributed by atoms with Gasteiger partial charge in [0.15, 0.2) is 0 Å². The number of urea groups is 1. The van der Waals surface area contributed by atoms with Gasteiger partial charge in [0.05, 0.1) is 26.9 Å². The summed E-state index contributed by atoms with van der Waals surface area (Å²) in [5.74, 6) is 1.01. The van der Waals surface area contributed by atoms with Gasteiger partial charge in [0.1, 0.15) is 23.6 Å². The minimum absolute atomic E-state index is 0.192. The van der Waals surface area contributed by atoms with Crippen LogP contribution in [0.15, 0.2) is 48.5 Å². The smallest absolute Gasteiger partial charge is 0.325 e.